The summed E-state index contributed by atoms with van der Waals surface area (Å²) in [7, 11) is -4.00. The predicted octanol–water partition coefficient (Wildman–Crippen LogP) is 0.364. The molecule has 0 amide bonds. The molecule has 5 heteroatoms. The number of rotatable bonds is 2. The van der Waals surface area contributed by atoms with Crippen molar-refractivity contribution in [2.45, 2.75) is 6.16 Å². The summed E-state index contributed by atoms with van der Waals surface area (Å²) in [6, 6.07) is 5.91. The second-order valence-electron chi connectivity index (χ2n) is 2.62. The van der Waals surface area contributed by atoms with Crippen LogP contribution in [0.3, 0.4) is 0 Å². The first-order valence-electron chi connectivity index (χ1n) is 3.42. The standard InChI is InChI=1S/C7H11O4P/c8-7-3-1-6(2-4-7)5-12(9,10)11/h1-4,8-12H,5H2. The molecule has 0 unspecified atom stereocenters. The topological polar surface area (TPSA) is 80.9 Å². The van der Waals surface area contributed by atoms with Crippen molar-refractivity contribution in [3.8, 4) is 5.75 Å². The first-order valence-corrected chi connectivity index (χ1v) is 5.47. The fraction of sp³-hybridized carbons (Fsp3) is 0.143. The molecule has 12 heavy (non-hydrogen) atoms. The van der Waals surface area contributed by atoms with Crippen LogP contribution in [-0.2, 0) is 6.16 Å². The molecule has 0 aliphatic rings. The molecule has 4 N–H and O–H groups in total. The number of phenolic OH excluding ortho intramolecular Hbond substituents is 1. The van der Waals surface area contributed by atoms with Crippen LogP contribution in [0.5, 0.6) is 5.75 Å². The Morgan fingerprint density at radius 2 is 1.50 bits per heavy atom. The zero-order valence-electron chi connectivity index (χ0n) is 6.31. The Morgan fingerprint density at radius 3 is 1.92 bits per heavy atom. The van der Waals surface area contributed by atoms with Gasteiger partial charge in [0, 0.05) is 0 Å². The van der Waals surface area contributed by atoms with Crippen molar-refractivity contribution in [1.29, 1.82) is 0 Å². The van der Waals surface area contributed by atoms with Crippen molar-refractivity contribution >= 4 is 7.94 Å². The van der Waals surface area contributed by atoms with E-state index in [2.05, 4.69) is 0 Å². The summed E-state index contributed by atoms with van der Waals surface area (Å²) in [5.74, 6) is 0.111. The molecule has 1 aromatic rings. The molecule has 1 aromatic carbocycles. The van der Waals surface area contributed by atoms with Crippen LogP contribution in [0.15, 0.2) is 24.3 Å². The molecule has 0 saturated heterocycles. The molecule has 0 atom stereocenters. The second kappa shape index (κ2) is 3.37. The van der Waals surface area contributed by atoms with Crippen LogP contribution in [-0.4, -0.2) is 19.8 Å². The van der Waals surface area contributed by atoms with Gasteiger partial charge < -0.3 is 0 Å². The summed E-state index contributed by atoms with van der Waals surface area (Å²) in [6.45, 7) is 0. The molecule has 0 heterocycles. The van der Waals surface area contributed by atoms with Crippen LogP contribution in [0.4, 0.5) is 0 Å². The third kappa shape index (κ3) is 3.15. The van der Waals surface area contributed by atoms with Crippen molar-refractivity contribution < 1.29 is 19.8 Å². The van der Waals surface area contributed by atoms with E-state index in [1.165, 1.54) is 24.3 Å². The Labute approximate surface area is 70.3 Å². The van der Waals surface area contributed by atoms with Crippen LogP contribution >= 0.6 is 7.94 Å². The number of benzene rings is 1. The number of aromatic hydroxyl groups is 1. The zero-order chi connectivity index (χ0) is 9.19. The van der Waals surface area contributed by atoms with E-state index in [-0.39, 0.29) is 11.9 Å². The molecule has 1 rings (SSSR count). The molecular weight excluding hydrogens is 179 g/mol. The average Bonchev–Trinajstić information content (AvgIpc) is 1.91. The van der Waals surface area contributed by atoms with Gasteiger partial charge in [-0.05, 0) is 0 Å². The average molecular weight is 190 g/mol. The van der Waals surface area contributed by atoms with Gasteiger partial charge in [-0.25, -0.2) is 0 Å². The van der Waals surface area contributed by atoms with E-state index in [4.69, 9.17) is 19.8 Å². The Balaban J connectivity index is 2.71. The Bertz CT molecular complexity index is 251. The first kappa shape index (κ1) is 9.42. The minimum absolute atomic E-state index is 0.111. The van der Waals surface area contributed by atoms with Gasteiger partial charge in [0.15, 0.2) is 0 Å². The molecular formula is C7H11O4P. The van der Waals surface area contributed by atoms with Crippen LogP contribution in [0.1, 0.15) is 5.56 Å². The van der Waals surface area contributed by atoms with E-state index in [1.54, 1.807) is 0 Å². The normalized spacial score (nSPS) is 12.9. The van der Waals surface area contributed by atoms with Gasteiger partial charge in [0.1, 0.15) is 0 Å². The third-order valence-electron chi connectivity index (χ3n) is 1.38. The van der Waals surface area contributed by atoms with Gasteiger partial charge in [0.25, 0.3) is 0 Å². The van der Waals surface area contributed by atoms with Crippen LogP contribution in [0.25, 0.3) is 0 Å². The fourth-order valence-electron chi connectivity index (χ4n) is 0.888. The summed E-state index contributed by atoms with van der Waals surface area (Å²) < 4.78 is 0. The summed E-state index contributed by atoms with van der Waals surface area (Å²) >= 11 is 0. The number of hydrogen-bond donors (Lipinski definition) is 4. The molecule has 0 aliphatic carbocycles. The first-order chi connectivity index (χ1) is 5.47. The van der Waals surface area contributed by atoms with Gasteiger partial charge in [-0.1, -0.05) is 0 Å². The Hall–Kier alpha value is -0.670. The van der Waals surface area contributed by atoms with Gasteiger partial charge in [-0.2, -0.15) is 0 Å². The van der Waals surface area contributed by atoms with Gasteiger partial charge in [-0.15, -0.1) is 0 Å². The van der Waals surface area contributed by atoms with E-state index in [0.717, 1.165) is 0 Å². The van der Waals surface area contributed by atoms with Gasteiger partial charge in [0.05, 0.1) is 0 Å². The molecule has 0 aromatic heterocycles. The molecule has 4 nitrogen and oxygen atoms in total. The molecule has 68 valence electrons. The van der Waals surface area contributed by atoms with Gasteiger partial charge in [-0.3, -0.25) is 0 Å². The van der Waals surface area contributed by atoms with Crippen molar-refractivity contribution in [3.05, 3.63) is 29.8 Å². The van der Waals surface area contributed by atoms with E-state index < -0.39 is 7.94 Å². The Morgan fingerprint density at radius 1 is 1.00 bits per heavy atom. The summed E-state index contributed by atoms with van der Waals surface area (Å²) in [4.78, 5) is 26.2. The maximum atomic E-state index is 8.88. The van der Waals surface area contributed by atoms with Crippen molar-refractivity contribution in [2.24, 2.45) is 0 Å². The van der Waals surface area contributed by atoms with E-state index in [1.807, 2.05) is 0 Å². The second-order valence-corrected chi connectivity index (χ2v) is 4.52. The molecule has 0 fully saturated rings. The maximum absolute atomic E-state index is 8.88. The quantitative estimate of drug-likeness (QED) is 0.508. The van der Waals surface area contributed by atoms with Gasteiger partial charge in [0.2, 0.25) is 0 Å². The van der Waals surface area contributed by atoms with E-state index in [9.17, 15) is 0 Å². The molecule has 0 spiro atoms. The zero-order valence-corrected chi connectivity index (χ0v) is 7.31. The third-order valence-corrected chi connectivity index (χ3v) is 2.26. The molecule has 0 radical (unpaired) electrons. The van der Waals surface area contributed by atoms with Crippen LogP contribution < -0.4 is 0 Å². The fourth-order valence-corrected chi connectivity index (χ4v) is 1.67. The summed E-state index contributed by atoms with van der Waals surface area (Å²) in [5, 5.41) is 8.88. The van der Waals surface area contributed by atoms with Crippen LogP contribution in [0.2, 0.25) is 0 Å². The molecule has 0 bridgehead atoms. The molecule has 0 saturated carbocycles. The van der Waals surface area contributed by atoms with Crippen molar-refractivity contribution in [2.75, 3.05) is 0 Å². The van der Waals surface area contributed by atoms with Crippen molar-refractivity contribution in [1.82, 2.24) is 0 Å². The summed E-state index contributed by atoms with van der Waals surface area (Å²) in [5.41, 5.74) is 0.590. The monoisotopic (exact) mass is 190 g/mol. The summed E-state index contributed by atoms with van der Waals surface area (Å²) in [6.07, 6.45) is -0.146. The van der Waals surface area contributed by atoms with Gasteiger partial charge >= 0.3 is 69.5 Å². The predicted molar refractivity (Wildman–Crippen MR) is 46.8 cm³/mol. The van der Waals surface area contributed by atoms with E-state index >= 15 is 0 Å². The molecule has 0 aliphatic heterocycles. The van der Waals surface area contributed by atoms with Crippen LogP contribution in [0, 0.1) is 0 Å². The Kier molecular flexibility index (Phi) is 2.65. The number of hydrogen-bond acceptors (Lipinski definition) is 4. The van der Waals surface area contributed by atoms with Crippen molar-refractivity contribution in [3.63, 3.8) is 0 Å². The SMILES string of the molecule is Oc1ccc(C[PH](O)(O)O)cc1. The minimum atomic E-state index is -4.00. The number of phenols is 1. The van der Waals surface area contributed by atoms with E-state index in [0.29, 0.717) is 5.56 Å².